The molecule has 0 aromatic heterocycles. The van der Waals surface area contributed by atoms with Crippen molar-refractivity contribution < 1.29 is 9.53 Å². The van der Waals surface area contributed by atoms with Gasteiger partial charge in [0.2, 0.25) is 0 Å². The highest BCUT2D eigenvalue weighted by molar-refractivity contribution is 5.80. The number of nitriles is 1. The van der Waals surface area contributed by atoms with Gasteiger partial charge in [-0.1, -0.05) is 18.2 Å². The van der Waals surface area contributed by atoms with Crippen LogP contribution in [0, 0.1) is 11.3 Å². The molecule has 0 fully saturated rings. The van der Waals surface area contributed by atoms with E-state index in [1.807, 2.05) is 18.2 Å². The zero-order valence-electron chi connectivity index (χ0n) is 10.9. The predicted octanol–water partition coefficient (Wildman–Crippen LogP) is 2.38. The van der Waals surface area contributed by atoms with Crippen LogP contribution in [0.1, 0.15) is 15.9 Å². The Morgan fingerprint density at radius 1 is 1.20 bits per heavy atom. The molecule has 0 amide bonds. The van der Waals surface area contributed by atoms with E-state index in [1.54, 1.807) is 24.3 Å². The van der Waals surface area contributed by atoms with Gasteiger partial charge in [-0.15, -0.1) is 0 Å². The highest BCUT2D eigenvalue weighted by Gasteiger charge is 2.08. The number of aldehydes is 1. The molecule has 0 aliphatic rings. The van der Waals surface area contributed by atoms with E-state index < -0.39 is 0 Å². The molecule has 100 valence electrons. The molecule has 20 heavy (non-hydrogen) atoms. The Hall–Kier alpha value is -2.64. The summed E-state index contributed by atoms with van der Waals surface area (Å²) in [6, 6.07) is 14.5. The molecule has 0 radical (unpaired) electrons. The van der Waals surface area contributed by atoms with Crippen LogP contribution in [-0.4, -0.2) is 19.4 Å². The summed E-state index contributed by atoms with van der Waals surface area (Å²) in [4.78, 5) is 10.8. The number of rotatable bonds is 5. The number of ether oxygens (including phenoxy) is 1. The monoisotopic (exact) mass is 266 g/mol. The topological polar surface area (TPSA) is 76.1 Å². The lowest BCUT2D eigenvalue weighted by Gasteiger charge is -2.12. The Bertz CT molecular complexity index is 643. The molecule has 0 aliphatic heterocycles. The normalized spacial score (nSPS) is 9.80. The number of nitrogens with two attached hydrogens (primary N) is 1. The third-order valence-electron chi connectivity index (χ3n) is 2.84. The Labute approximate surface area is 117 Å². The lowest BCUT2D eigenvalue weighted by atomic mass is 10.0. The quantitative estimate of drug-likeness (QED) is 0.843. The van der Waals surface area contributed by atoms with Crippen LogP contribution in [0.3, 0.4) is 0 Å². The number of carbonyl (C=O) groups is 1. The summed E-state index contributed by atoms with van der Waals surface area (Å²) in [5.41, 5.74) is 8.39. The minimum absolute atomic E-state index is 0.381. The summed E-state index contributed by atoms with van der Waals surface area (Å²) in [5.74, 6) is 0.616. The van der Waals surface area contributed by atoms with Crippen LogP contribution in [-0.2, 0) is 0 Å². The van der Waals surface area contributed by atoms with Crippen LogP contribution >= 0.6 is 0 Å². The first-order chi connectivity index (χ1) is 9.78. The van der Waals surface area contributed by atoms with Crippen molar-refractivity contribution in [3.63, 3.8) is 0 Å². The Morgan fingerprint density at radius 2 is 1.95 bits per heavy atom. The van der Waals surface area contributed by atoms with Crippen LogP contribution in [0.4, 0.5) is 0 Å². The fourth-order valence-corrected chi connectivity index (χ4v) is 1.86. The van der Waals surface area contributed by atoms with E-state index in [1.165, 1.54) is 0 Å². The minimum Gasteiger partial charge on any atom is -0.492 e. The average Bonchev–Trinajstić information content (AvgIpc) is 2.52. The molecule has 0 heterocycles. The maximum absolute atomic E-state index is 10.8. The van der Waals surface area contributed by atoms with Gasteiger partial charge in [0.05, 0.1) is 11.6 Å². The third kappa shape index (κ3) is 3.02. The lowest BCUT2D eigenvalue weighted by molar-refractivity contribution is 0.112. The number of benzene rings is 2. The van der Waals surface area contributed by atoms with E-state index in [0.29, 0.717) is 30.0 Å². The lowest BCUT2D eigenvalue weighted by Crippen LogP contribution is -2.11. The SMILES string of the molecule is N#Cc1ccc(-c2ccc(C=O)cc2OCCN)cc1. The van der Waals surface area contributed by atoms with Gasteiger partial charge >= 0.3 is 0 Å². The highest BCUT2D eigenvalue weighted by atomic mass is 16.5. The van der Waals surface area contributed by atoms with Gasteiger partial charge in [-0.05, 0) is 29.8 Å². The van der Waals surface area contributed by atoms with Crippen molar-refractivity contribution in [3.8, 4) is 22.9 Å². The van der Waals surface area contributed by atoms with Crippen LogP contribution < -0.4 is 10.5 Å². The second kappa shape index (κ2) is 6.50. The molecule has 0 saturated carbocycles. The molecule has 0 aliphatic carbocycles. The molecule has 2 aromatic carbocycles. The van der Waals surface area contributed by atoms with Crippen molar-refractivity contribution in [1.29, 1.82) is 5.26 Å². The number of nitrogens with zero attached hydrogens (tertiary/aromatic N) is 1. The summed E-state index contributed by atoms with van der Waals surface area (Å²) in [6.45, 7) is 0.781. The Balaban J connectivity index is 2.42. The zero-order chi connectivity index (χ0) is 14.4. The molecule has 0 bridgehead atoms. The van der Waals surface area contributed by atoms with Gasteiger partial charge in [0.25, 0.3) is 0 Å². The number of hydrogen-bond acceptors (Lipinski definition) is 4. The molecule has 2 aromatic rings. The second-order valence-corrected chi connectivity index (χ2v) is 4.20. The van der Waals surface area contributed by atoms with E-state index in [4.69, 9.17) is 15.7 Å². The van der Waals surface area contributed by atoms with Gasteiger partial charge < -0.3 is 10.5 Å². The van der Waals surface area contributed by atoms with Gasteiger partial charge in [0.15, 0.2) is 0 Å². The summed E-state index contributed by atoms with van der Waals surface area (Å²) in [6.07, 6.45) is 0.776. The maximum atomic E-state index is 10.8. The van der Waals surface area contributed by atoms with Crippen LogP contribution in [0.15, 0.2) is 42.5 Å². The van der Waals surface area contributed by atoms with E-state index in [9.17, 15) is 4.79 Å². The third-order valence-corrected chi connectivity index (χ3v) is 2.84. The Morgan fingerprint density at radius 3 is 2.55 bits per heavy atom. The zero-order valence-corrected chi connectivity index (χ0v) is 10.9. The molecular formula is C16H14N2O2. The molecule has 2 rings (SSSR count). The smallest absolute Gasteiger partial charge is 0.150 e. The van der Waals surface area contributed by atoms with Gasteiger partial charge in [0.1, 0.15) is 18.6 Å². The first-order valence-electron chi connectivity index (χ1n) is 6.21. The number of carbonyl (C=O) groups excluding carboxylic acids is 1. The molecule has 0 spiro atoms. The van der Waals surface area contributed by atoms with Crippen molar-refractivity contribution >= 4 is 6.29 Å². The van der Waals surface area contributed by atoms with Crippen molar-refractivity contribution in [2.75, 3.05) is 13.2 Å². The summed E-state index contributed by atoms with van der Waals surface area (Å²) in [5, 5.41) is 8.81. The summed E-state index contributed by atoms with van der Waals surface area (Å²) < 4.78 is 5.59. The van der Waals surface area contributed by atoms with Crippen molar-refractivity contribution in [2.24, 2.45) is 5.73 Å². The molecule has 0 unspecified atom stereocenters. The fourth-order valence-electron chi connectivity index (χ4n) is 1.86. The molecule has 0 atom stereocenters. The van der Waals surface area contributed by atoms with Gasteiger partial charge in [-0.2, -0.15) is 5.26 Å². The standard InChI is InChI=1S/C16H14N2O2/c17-7-8-20-16-9-13(11-19)3-6-15(16)14-4-1-12(10-18)2-5-14/h1-6,9,11H,7-8,17H2. The maximum Gasteiger partial charge on any atom is 0.150 e. The first kappa shape index (κ1) is 13.8. The average molecular weight is 266 g/mol. The van der Waals surface area contributed by atoms with Crippen molar-refractivity contribution in [1.82, 2.24) is 0 Å². The van der Waals surface area contributed by atoms with Crippen LogP contribution in [0.25, 0.3) is 11.1 Å². The highest BCUT2D eigenvalue weighted by Crippen LogP contribution is 2.31. The van der Waals surface area contributed by atoms with Crippen LogP contribution in [0.2, 0.25) is 0 Å². The Kier molecular flexibility index (Phi) is 4.48. The molecule has 4 nitrogen and oxygen atoms in total. The van der Waals surface area contributed by atoms with E-state index in [2.05, 4.69) is 6.07 Å². The number of hydrogen-bond donors (Lipinski definition) is 1. The summed E-state index contributed by atoms with van der Waals surface area (Å²) >= 11 is 0. The fraction of sp³-hybridized carbons (Fsp3) is 0.125. The molecule has 2 N–H and O–H groups in total. The minimum atomic E-state index is 0.381. The summed E-state index contributed by atoms with van der Waals surface area (Å²) in [7, 11) is 0. The molecule has 4 heteroatoms. The van der Waals surface area contributed by atoms with Crippen LogP contribution in [0.5, 0.6) is 5.75 Å². The second-order valence-electron chi connectivity index (χ2n) is 4.20. The predicted molar refractivity (Wildman–Crippen MR) is 76.5 cm³/mol. The van der Waals surface area contributed by atoms with E-state index >= 15 is 0 Å². The van der Waals surface area contributed by atoms with Gasteiger partial charge in [0, 0.05) is 17.7 Å². The largest absolute Gasteiger partial charge is 0.492 e. The van der Waals surface area contributed by atoms with Crippen molar-refractivity contribution in [3.05, 3.63) is 53.6 Å². The van der Waals surface area contributed by atoms with Crippen molar-refractivity contribution in [2.45, 2.75) is 0 Å². The first-order valence-corrected chi connectivity index (χ1v) is 6.21. The van der Waals surface area contributed by atoms with E-state index in [0.717, 1.165) is 17.4 Å². The van der Waals surface area contributed by atoms with Gasteiger partial charge in [-0.25, -0.2) is 0 Å². The molecule has 0 saturated heterocycles. The van der Waals surface area contributed by atoms with E-state index in [-0.39, 0.29) is 0 Å². The van der Waals surface area contributed by atoms with Gasteiger partial charge in [-0.3, -0.25) is 4.79 Å². The molecular weight excluding hydrogens is 252 g/mol.